The summed E-state index contributed by atoms with van der Waals surface area (Å²) in [5.74, 6) is 0. The van der Waals surface area contributed by atoms with Gasteiger partial charge in [-0.25, -0.2) is 4.98 Å². The quantitative estimate of drug-likeness (QED) is 0.917. The van der Waals surface area contributed by atoms with Gasteiger partial charge in [-0.05, 0) is 40.3 Å². The van der Waals surface area contributed by atoms with Crippen molar-refractivity contribution in [3.8, 4) is 0 Å². The highest BCUT2D eigenvalue weighted by atomic mass is 79.9. The molecule has 2 aromatic rings. The van der Waals surface area contributed by atoms with Crippen LogP contribution in [0.3, 0.4) is 0 Å². The van der Waals surface area contributed by atoms with Crippen molar-refractivity contribution in [2.75, 3.05) is 6.54 Å². The highest BCUT2D eigenvalue weighted by molar-refractivity contribution is 9.10. The Labute approximate surface area is 114 Å². The van der Waals surface area contributed by atoms with Crippen LogP contribution in [-0.2, 0) is 7.05 Å². The molecule has 0 aromatic carbocycles. The molecule has 5 heteroatoms. The van der Waals surface area contributed by atoms with Crippen molar-refractivity contribution in [3.63, 3.8) is 0 Å². The van der Waals surface area contributed by atoms with Gasteiger partial charge in [-0.3, -0.25) is 0 Å². The van der Waals surface area contributed by atoms with E-state index >= 15 is 0 Å². The molecule has 0 saturated heterocycles. The molecule has 1 unspecified atom stereocenters. The Bertz CT molecular complexity index is 437. The molecule has 0 spiro atoms. The third-order valence-electron chi connectivity index (χ3n) is 2.66. The molecule has 0 bridgehead atoms. The van der Waals surface area contributed by atoms with E-state index < -0.39 is 0 Å². The van der Waals surface area contributed by atoms with E-state index in [0.29, 0.717) is 0 Å². The van der Waals surface area contributed by atoms with Gasteiger partial charge >= 0.3 is 0 Å². The first-order chi connectivity index (χ1) is 8.24. The molecule has 17 heavy (non-hydrogen) atoms. The fraction of sp³-hybridized carbons (Fsp3) is 0.417. The Kier molecular flexibility index (Phi) is 4.36. The molecule has 0 fully saturated rings. The van der Waals surface area contributed by atoms with Crippen LogP contribution in [0.4, 0.5) is 0 Å². The monoisotopic (exact) mass is 313 g/mol. The van der Waals surface area contributed by atoms with Gasteiger partial charge in [0, 0.05) is 16.4 Å². The fourth-order valence-electron chi connectivity index (χ4n) is 1.78. The molecule has 3 nitrogen and oxygen atoms in total. The van der Waals surface area contributed by atoms with Gasteiger partial charge in [-0.15, -0.1) is 11.3 Å². The average molecular weight is 314 g/mol. The van der Waals surface area contributed by atoms with E-state index in [-0.39, 0.29) is 6.04 Å². The van der Waals surface area contributed by atoms with Gasteiger partial charge in [0.05, 0.1) is 24.3 Å². The number of rotatable bonds is 5. The molecule has 92 valence electrons. The molecular weight excluding hydrogens is 298 g/mol. The number of nitrogens with zero attached hydrogens (tertiary/aromatic N) is 2. The van der Waals surface area contributed by atoms with Gasteiger partial charge in [0.15, 0.2) is 0 Å². The van der Waals surface area contributed by atoms with E-state index in [4.69, 9.17) is 0 Å². The normalized spacial score (nSPS) is 12.9. The van der Waals surface area contributed by atoms with Gasteiger partial charge in [0.1, 0.15) is 0 Å². The topological polar surface area (TPSA) is 29.9 Å². The number of nitrogens with one attached hydrogen (secondary N) is 1. The van der Waals surface area contributed by atoms with Crippen molar-refractivity contribution in [1.82, 2.24) is 14.9 Å². The Hall–Kier alpha value is -0.650. The first-order valence-corrected chi connectivity index (χ1v) is 7.33. The van der Waals surface area contributed by atoms with E-state index in [1.807, 2.05) is 19.6 Å². The Morgan fingerprint density at radius 3 is 2.94 bits per heavy atom. The zero-order chi connectivity index (χ0) is 12.3. The van der Waals surface area contributed by atoms with Crippen molar-refractivity contribution in [3.05, 3.63) is 39.0 Å². The van der Waals surface area contributed by atoms with E-state index in [1.165, 1.54) is 10.6 Å². The molecular formula is C12H16BrN3S. The van der Waals surface area contributed by atoms with Crippen LogP contribution in [0.5, 0.6) is 0 Å². The number of hydrogen-bond acceptors (Lipinski definition) is 3. The number of aryl methyl sites for hydroxylation is 1. The summed E-state index contributed by atoms with van der Waals surface area (Å²) in [6, 6.07) is 2.31. The molecule has 0 radical (unpaired) electrons. The highest BCUT2D eigenvalue weighted by Crippen LogP contribution is 2.32. The molecule has 2 rings (SSSR count). The standard InChI is InChI=1S/C12H16BrN3S/c1-3-5-15-11(10-7-14-8-16(10)2)12-9(13)4-6-17-12/h4,6-8,11,15H,3,5H2,1-2H3. The van der Waals surface area contributed by atoms with Crippen molar-refractivity contribution in [2.45, 2.75) is 19.4 Å². The number of thiophene rings is 1. The second-order valence-electron chi connectivity index (χ2n) is 3.95. The molecule has 0 amide bonds. The summed E-state index contributed by atoms with van der Waals surface area (Å²) in [6.45, 7) is 3.18. The summed E-state index contributed by atoms with van der Waals surface area (Å²) < 4.78 is 3.23. The predicted octanol–water partition coefficient (Wildman–Crippen LogP) is 3.33. The van der Waals surface area contributed by atoms with Crippen LogP contribution >= 0.6 is 27.3 Å². The largest absolute Gasteiger partial charge is 0.336 e. The van der Waals surface area contributed by atoms with Gasteiger partial charge in [0.25, 0.3) is 0 Å². The number of halogens is 1. The summed E-state index contributed by atoms with van der Waals surface area (Å²) >= 11 is 5.37. The van der Waals surface area contributed by atoms with E-state index in [9.17, 15) is 0 Å². The second kappa shape index (κ2) is 5.80. The predicted molar refractivity (Wildman–Crippen MR) is 75.4 cm³/mol. The highest BCUT2D eigenvalue weighted by Gasteiger charge is 2.19. The molecule has 0 saturated carbocycles. The Balaban J connectivity index is 2.32. The average Bonchev–Trinajstić information content (AvgIpc) is 2.90. The summed E-state index contributed by atoms with van der Waals surface area (Å²) in [5.41, 5.74) is 1.20. The Morgan fingerprint density at radius 2 is 2.41 bits per heavy atom. The van der Waals surface area contributed by atoms with Gasteiger partial charge < -0.3 is 9.88 Å². The van der Waals surface area contributed by atoms with Gasteiger partial charge in [-0.1, -0.05) is 6.92 Å². The zero-order valence-corrected chi connectivity index (χ0v) is 12.4. The first-order valence-electron chi connectivity index (χ1n) is 5.66. The third kappa shape index (κ3) is 2.78. The van der Waals surface area contributed by atoms with Crippen LogP contribution in [0.2, 0.25) is 0 Å². The lowest BCUT2D eigenvalue weighted by Gasteiger charge is -2.18. The summed E-state index contributed by atoms with van der Waals surface area (Å²) in [4.78, 5) is 5.51. The van der Waals surface area contributed by atoms with Crippen LogP contribution < -0.4 is 5.32 Å². The number of aromatic nitrogens is 2. The maximum atomic E-state index is 4.20. The van der Waals surface area contributed by atoms with Gasteiger partial charge in [0.2, 0.25) is 0 Å². The summed E-state index contributed by atoms with van der Waals surface area (Å²) in [7, 11) is 2.03. The zero-order valence-electron chi connectivity index (χ0n) is 9.98. The van der Waals surface area contributed by atoms with Crippen LogP contribution in [0, 0.1) is 0 Å². The minimum absolute atomic E-state index is 0.219. The maximum Gasteiger partial charge on any atom is 0.0946 e. The lowest BCUT2D eigenvalue weighted by atomic mass is 10.1. The molecule has 0 aliphatic carbocycles. The van der Waals surface area contributed by atoms with Crippen molar-refractivity contribution >= 4 is 27.3 Å². The van der Waals surface area contributed by atoms with Crippen LogP contribution in [0.25, 0.3) is 0 Å². The summed E-state index contributed by atoms with van der Waals surface area (Å²) in [6.07, 6.45) is 4.90. The van der Waals surface area contributed by atoms with E-state index in [0.717, 1.165) is 17.4 Å². The van der Waals surface area contributed by atoms with Crippen LogP contribution in [-0.4, -0.2) is 16.1 Å². The van der Waals surface area contributed by atoms with Crippen molar-refractivity contribution in [1.29, 1.82) is 0 Å². The lowest BCUT2D eigenvalue weighted by molar-refractivity contribution is 0.575. The number of hydrogen-bond donors (Lipinski definition) is 1. The number of imidazole rings is 1. The second-order valence-corrected chi connectivity index (χ2v) is 5.75. The third-order valence-corrected chi connectivity index (χ3v) is 4.59. The maximum absolute atomic E-state index is 4.20. The van der Waals surface area contributed by atoms with E-state index in [2.05, 4.69) is 49.2 Å². The smallest absolute Gasteiger partial charge is 0.0946 e. The van der Waals surface area contributed by atoms with Crippen molar-refractivity contribution in [2.24, 2.45) is 7.05 Å². The summed E-state index contributed by atoms with van der Waals surface area (Å²) in [5, 5.41) is 5.68. The van der Waals surface area contributed by atoms with E-state index in [1.54, 1.807) is 11.3 Å². The SMILES string of the molecule is CCCNC(c1sccc1Br)c1cncn1C. The first kappa shape index (κ1) is 12.8. The molecule has 0 aliphatic rings. The van der Waals surface area contributed by atoms with Crippen LogP contribution in [0.1, 0.15) is 30.0 Å². The molecule has 1 N–H and O–H groups in total. The van der Waals surface area contributed by atoms with Gasteiger partial charge in [-0.2, -0.15) is 0 Å². The molecule has 0 aliphatic heterocycles. The fourth-order valence-corrected chi connectivity index (χ4v) is 3.47. The minimum atomic E-state index is 0.219. The van der Waals surface area contributed by atoms with Crippen molar-refractivity contribution < 1.29 is 0 Å². The molecule has 1 atom stereocenters. The lowest BCUT2D eigenvalue weighted by Crippen LogP contribution is -2.24. The van der Waals surface area contributed by atoms with Crippen LogP contribution in [0.15, 0.2) is 28.4 Å². The minimum Gasteiger partial charge on any atom is -0.336 e. The Morgan fingerprint density at radius 1 is 1.59 bits per heavy atom. The molecule has 2 heterocycles. The molecule has 2 aromatic heterocycles.